The summed E-state index contributed by atoms with van der Waals surface area (Å²) in [6.45, 7) is 2.99. The molecule has 0 fully saturated rings. The summed E-state index contributed by atoms with van der Waals surface area (Å²) in [5.41, 5.74) is 0. The molecule has 0 aromatic carbocycles. The normalized spacial score (nSPS) is 13.3. The number of nitrogens with zero attached hydrogens (tertiary/aromatic N) is 1. The molecule has 2 amide bonds. The zero-order valence-electron chi connectivity index (χ0n) is 12.2. The van der Waals surface area contributed by atoms with E-state index in [1.54, 1.807) is 13.8 Å². The maximum absolute atomic E-state index is 12.0. The second kappa shape index (κ2) is 8.82. The molecule has 1 unspecified atom stereocenters. The van der Waals surface area contributed by atoms with Gasteiger partial charge in [-0.2, -0.15) is 0 Å². The van der Waals surface area contributed by atoms with Crippen LogP contribution in [0.4, 0.5) is 4.79 Å². The van der Waals surface area contributed by atoms with Crippen molar-refractivity contribution in [3.05, 3.63) is 0 Å². The van der Waals surface area contributed by atoms with Crippen molar-refractivity contribution in [3.8, 4) is 0 Å². The first-order valence-electron chi connectivity index (χ1n) is 6.45. The van der Waals surface area contributed by atoms with Crippen LogP contribution in [0.1, 0.15) is 20.3 Å². The van der Waals surface area contributed by atoms with Gasteiger partial charge in [-0.3, -0.25) is 4.79 Å². The molecule has 0 aromatic heterocycles. The van der Waals surface area contributed by atoms with E-state index in [2.05, 4.69) is 0 Å². The zero-order chi connectivity index (χ0) is 17.4. The highest BCUT2D eigenvalue weighted by Gasteiger charge is 2.28. The molecule has 2 atom stereocenters. The minimum Gasteiger partial charge on any atom is -0.481 e. The van der Waals surface area contributed by atoms with Gasteiger partial charge in [-0.15, -0.1) is 0 Å². The van der Waals surface area contributed by atoms with Crippen molar-refractivity contribution in [2.75, 3.05) is 13.1 Å². The molecule has 0 aliphatic heterocycles. The second-order valence-corrected chi connectivity index (χ2v) is 5.09. The predicted octanol–water partition coefficient (Wildman–Crippen LogP) is -0.973. The highest BCUT2D eigenvalue weighted by atomic mass is 16.4. The lowest BCUT2D eigenvalue weighted by molar-refractivity contribution is -0.147. The van der Waals surface area contributed by atoms with Gasteiger partial charge in [0.25, 0.3) is 0 Å². The number of nitrogens with one attached hydrogen (secondary N) is 1. The Morgan fingerprint density at radius 2 is 1.55 bits per heavy atom. The fraction of sp³-hybridized carbons (Fsp3) is 0.667. The number of carboxylic acid groups (broad SMARTS) is 3. The molecule has 5 N–H and O–H groups in total. The topological polar surface area (TPSA) is 164 Å². The zero-order valence-corrected chi connectivity index (χ0v) is 12.2. The summed E-state index contributed by atoms with van der Waals surface area (Å²) in [6.07, 6.45) is -2.65. The fourth-order valence-corrected chi connectivity index (χ4v) is 1.58. The Morgan fingerprint density at radius 3 is 1.91 bits per heavy atom. The number of hydrogen-bond donors (Lipinski definition) is 5. The average molecular weight is 320 g/mol. The van der Waals surface area contributed by atoms with Crippen molar-refractivity contribution in [2.24, 2.45) is 5.92 Å². The van der Waals surface area contributed by atoms with Gasteiger partial charge in [0.1, 0.15) is 6.04 Å². The average Bonchev–Trinajstić information content (AvgIpc) is 2.35. The SMILES string of the molecule is CC(C)CN(C[C@H](O)C(=O)O)C(=O)NC(CC(=O)O)C(=O)O. The Morgan fingerprint density at radius 1 is 1.00 bits per heavy atom. The van der Waals surface area contributed by atoms with Crippen molar-refractivity contribution >= 4 is 23.9 Å². The van der Waals surface area contributed by atoms with Crippen LogP contribution < -0.4 is 5.32 Å². The van der Waals surface area contributed by atoms with Crippen LogP contribution >= 0.6 is 0 Å². The Kier molecular flexibility index (Phi) is 7.88. The summed E-state index contributed by atoms with van der Waals surface area (Å²) >= 11 is 0. The van der Waals surface area contributed by atoms with E-state index in [1.807, 2.05) is 5.32 Å². The minimum atomic E-state index is -1.83. The largest absolute Gasteiger partial charge is 0.481 e. The first kappa shape index (κ1) is 19.6. The number of carbonyl (C=O) groups excluding carboxylic acids is 1. The summed E-state index contributed by atoms with van der Waals surface area (Å²) in [4.78, 5) is 45.0. The molecule has 0 spiro atoms. The maximum Gasteiger partial charge on any atom is 0.334 e. The van der Waals surface area contributed by atoms with Crippen LogP contribution in [0.15, 0.2) is 0 Å². The lowest BCUT2D eigenvalue weighted by atomic mass is 10.2. The van der Waals surface area contributed by atoms with E-state index < -0.39 is 49.1 Å². The van der Waals surface area contributed by atoms with E-state index in [0.29, 0.717) is 0 Å². The van der Waals surface area contributed by atoms with Gasteiger partial charge in [0.05, 0.1) is 13.0 Å². The Hall–Kier alpha value is -2.36. The van der Waals surface area contributed by atoms with Crippen molar-refractivity contribution in [1.29, 1.82) is 0 Å². The number of urea groups is 1. The van der Waals surface area contributed by atoms with Gasteiger partial charge in [-0.1, -0.05) is 13.8 Å². The molecule has 22 heavy (non-hydrogen) atoms. The molecule has 0 saturated heterocycles. The number of hydrogen-bond acceptors (Lipinski definition) is 5. The smallest absolute Gasteiger partial charge is 0.334 e. The summed E-state index contributed by atoms with van der Waals surface area (Å²) in [6, 6.07) is -2.61. The molecule has 0 aliphatic carbocycles. The van der Waals surface area contributed by atoms with Crippen molar-refractivity contribution in [3.63, 3.8) is 0 Å². The monoisotopic (exact) mass is 320 g/mol. The number of rotatable bonds is 9. The van der Waals surface area contributed by atoms with Crippen LogP contribution in [0.2, 0.25) is 0 Å². The predicted molar refractivity (Wildman–Crippen MR) is 72.3 cm³/mol. The van der Waals surface area contributed by atoms with Crippen LogP contribution in [-0.2, 0) is 14.4 Å². The van der Waals surface area contributed by atoms with Gasteiger partial charge in [0.15, 0.2) is 6.10 Å². The van der Waals surface area contributed by atoms with Gasteiger partial charge < -0.3 is 30.6 Å². The van der Waals surface area contributed by atoms with Crippen LogP contribution in [0.25, 0.3) is 0 Å². The third kappa shape index (κ3) is 7.43. The first-order chi connectivity index (χ1) is 10.0. The molecule has 126 valence electrons. The third-order valence-corrected chi connectivity index (χ3v) is 2.53. The van der Waals surface area contributed by atoms with Crippen molar-refractivity contribution < 1.29 is 39.6 Å². The summed E-state index contributed by atoms with van der Waals surface area (Å²) in [5.74, 6) is -4.54. The molecule has 0 aromatic rings. The molecule has 10 nitrogen and oxygen atoms in total. The highest BCUT2D eigenvalue weighted by molar-refractivity contribution is 5.86. The Labute approximate surface area is 126 Å². The molecular formula is C12H20N2O8. The number of aliphatic hydroxyl groups excluding tert-OH is 1. The Bertz CT molecular complexity index is 437. The first-order valence-corrected chi connectivity index (χ1v) is 6.45. The van der Waals surface area contributed by atoms with E-state index >= 15 is 0 Å². The summed E-state index contributed by atoms with van der Waals surface area (Å²) in [5, 5.41) is 37.4. The standard InChI is InChI=1S/C12H20N2O8/c1-6(2)4-14(5-8(15)11(20)21)12(22)13-7(10(18)19)3-9(16)17/h6-8,15H,3-5H2,1-2H3,(H,13,22)(H,16,17)(H,18,19)(H,20,21)/t7?,8-/m0/s1. The van der Waals surface area contributed by atoms with E-state index in [1.165, 1.54) is 0 Å². The Balaban J connectivity index is 4.96. The van der Waals surface area contributed by atoms with Gasteiger partial charge in [0, 0.05) is 6.54 Å². The second-order valence-electron chi connectivity index (χ2n) is 5.09. The molecular weight excluding hydrogens is 300 g/mol. The molecule has 0 bridgehead atoms. The fourth-order valence-electron chi connectivity index (χ4n) is 1.58. The van der Waals surface area contributed by atoms with Gasteiger partial charge in [-0.05, 0) is 5.92 Å². The summed E-state index contributed by atoms with van der Waals surface area (Å²) < 4.78 is 0. The molecule has 10 heteroatoms. The van der Waals surface area contributed by atoms with Gasteiger partial charge in [0.2, 0.25) is 0 Å². The van der Waals surface area contributed by atoms with Gasteiger partial charge in [-0.25, -0.2) is 14.4 Å². The number of carboxylic acids is 3. The molecule has 0 aliphatic rings. The maximum atomic E-state index is 12.0. The lowest BCUT2D eigenvalue weighted by Gasteiger charge is -2.27. The summed E-state index contributed by atoms with van der Waals surface area (Å²) in [7, 11) is 0. The van der Waals surface area contributed by atoms with Crippen LogP contribution in [0.3, 0.4) is 0 Å². The molecule has 0 heterocycles. The minimum absolute atomic E-state index is 0.0651. The van der Waals surface area contributed by atoms with Crippen molar-refractivity contribution in [2.45, 2.75) is 32.4 Å². The van der Waals surface area contributed by atoms with E-state index in [9.17, 15) is 24.3 Å². The highest BCUT2D eigenvalue weighted by Crippen LogP contribution is 2.03. The van der Waals surface area contributed by atoms with E-state index in [4.69, 9.17) is 15.3 Å². The quantitative estimate of drug-likeness (QED) is 0.362. The van der Waals surface area contributed by atoms with Crippen LogP contribution in [0.5, 0.6) is 0 Å². The van der Waals surface area contributed by atoms with E-state index in [-0.39, 0.29) is 12.5 Å². The number of aliphatic carboxylic acids is 3. The third-order valence-electron chi connectivity index (χ3n) is 2.53. The lowest BCUT2D eigenvalue weighted by Crippen LogP contribution is -2.52. The number of amides is 2. The molecule has 0 radical (unpaired) electrons. The number of aliphatic hydroxyl groups is 1. The van der Waals surface area contributed by atoms with Gasteiger partial charge >= 0.3 is 23.9 Å². The number of carbonyl (C=O) groups is 4. The van der Waals surface area contributed by atoms with Crippen LogP contribution in [0, 0.1) is 5.92 Å². The van der Waals surface area contributed by atoms with Crippen LogP contribution in [-0.4, -0.2) is 74.5 Å². The molecule has 0 saturated carbocycles. The molecule has 0 rings (SSSR count). The van der Waals surface area contributed by atoms with E-state index in [0.717, 1.165) is 4.90 Å². The van der Waals surface area contributed by atoms with Crippen molar-refractivity contribution in [1.82, 2.24) is 10.2 Å².